The fourth-order valence-electron chi connectivity index (χ4n) is 1.53. The third-order valence-electron chi connectivity index (χ3n) is 2.30. The Balaban J connectivity index is 1.93. The molecule has 0 aromatic carbocycles. The maximum atomic E-state index is 4.31. The lowest BCUT2D eigenvalue weighted by Crippen LogP contribution is -2.31. The van der Waals surface area contributed by atoms with Gasteiger partial charge in [0.2, 0.25) is 0 Å². The maximum Gasteiger partial charge on any atom is 0.167 e. The van der Waals surface area contributed by atoms with Crippen molar-refractivity contribution in [3.8, 4) is 0 Å². The SMILES string of the molecule is Cn1ccnc1S[C@@H]1CCCNC1. The van der Waals surface area contributed by atoms with Crippen molar-refractivity contribution in [3.63, 3.8) is 0 Å². The standard InChI is InChI=1S/C9H15N3S/c1-12-6-5-11-9(12)13-8-3-2-4-10-7-8/h5-6,8,10H,2-4,7H2,1H3/t8-/m1/s1. The molecular weight excluding hydrogens is 182 g/mol. The number of hydrogen-bond acceptors (Lipinski definition) is 3. The van der Waals surface area contributed by atoms with Crippen LogP contribution in [-0.4, -0.2) is 27.9 Å². The van der Waals surface area contributed by atoms with Gasteiger partial charge in [-0.3, -0.25) is 0 Å². The van der Waals surface area contributed by atoms with E-state index in [0.717, 1.165) is 11.7 Å². The van der Waals surface area contributed by atoms with Crippen LogP contribution in [0.15, 0.2) is 17.6 Å². The van der Waals surface area contributed by atoms with Gasteiger partial charge in [-0.05, 0) is 19.4 Å². The summed E-state index contributed by atoms with van der Waals surface area (Å²) < 4.78 is 2.08. The van der Waals surface area contributed by atoms with E-state index in [0.29, 0.717) is 5.25 Å². The lowest BCUT2D eigenvalue weighted by Gasteiger charge is -2.21. The van der Waals surface area contributed by atoms with Crippen molar-refractivity contribution in [2.45, 2.75) is 23.2 Å². The molecule has 3 nitrogen and oxygen atoms in total. The lowest BCUT2D eigenvalue weighted by atomic mass is 10.2. The number of nitrogens with one attached hydrogen (secondary N) is 1. The zero-order chi connectivity index (χ0) is 9.10. The molecule has 1 aliphatic heterocycles. The van der Waals surface area contributed by atoms with Gasteiger partial charge >= 0.3 is 0 Å². The summed E-state index contributed by atoms with van der Waals surface area (Å²) in [4.78, 5) is 4.31. The van der Waals surface area contributed by atoms with Crippen LogP contribution >= 0.6 is 11.8 Å². The van der Waals surface area contributed by atoms with Crippen LogP contribution in [0.5, 0.6) is 0 Å². The van der Waals surface area contributed by atoms with Gasteiger partial charge in [-0.2, -0.15) is 0 Å². The van der Waals surface area contributed by atoms with Gasteiger partial charge in [0.15, 0.2) is 5.16 Å². The molecule has 13 heavy (non-hydrogen) atoms. The van der Waals surface area contributed by atoms with Gasteiger partial charge in [-0.25, -0.2) is 4.98 Å². The molecule has 1 atom stereocenters. The van der Waals surface area contributed by atoms with Crippen molar-refractivity contribution in [2.24, 2.45) is 7.05 Å². The number of hydrogen-bond donors (Lipinski definition) is 1. The largest absolute Gasteiger partial charge is 0.329 e. The second-order valence-corrected chi connectivity index (χ2v) is 4.67. The molecule has 1 aliphatic rings. The fraction of sp³-hybridized carbons (Fsp3) is 0.667. The molecule has 1 fully saturated rings. The number of aryl methyl sites for hydroxylation is 1. The summed E-state index contributed by atoms with van der Waals surface area (Å²) in [7, 11) is 2.05. The second kappa shape index (κ2) is 4.15. The monoisotopic (exact) mass is 197 g/mol. The van der Waals surface area contributed by atoms with Crippen LogP contribution in [0.4, 0.5) is 0 Å². The van der Waals surface area contributed by atoms with Gasteiger partial charge in [0.05, 0.1) is 0 Å². The number of imidazole rings is 1. The van der Waals surface area contributed by atoms with Crippen molar-refractivity contribution >= 4 is 11.8 Å². The first-order valence-corrected chi connectivity index (χ1v) is 5.59. The Bertz CT molecular complexity index is 266. The fourth-order valence-corrected chi connectivity index (χ4v) is 2.67. The van der Waals surface area contributed by atoms with Crippen molar-refractivity contribution < 1.29 is 0 Å². The number of piperidine rings is 1. The van der Waals surface area contributed by atoms with E-state index in [-0.39, 0.29) is 0 Å². The van der Waals surface area contributed by atoms with E-state index in [1.54, 1.807) is 0 Å². The molecule has 0 saturated carbocycles. The van der Waals surface area contributed by atoms with Crippen LogP contribution < -0.4 is 5.32 Å². The van der Waals surface area contributed by atoms with E-state index < -0.39 is 0 Å². The summed E-state index contributed by atoms with van der Waals surface area (Å²) in [6.45, 7) is 2.30. The highest BCUT2D eigenvalue weighted by Crippen LogP contribution is 2.25. The Morgan fingerprint density at radius 3 is 3.23 bits per heavy atom. The van der Waals surface area contributed by atoms with Crippen molar-refractivity contribution in [1.82, 2.24) is 14.9 Å². The van der Waals surface area contributed by atoms with E-state index >= 15 is 0 Å². The topological polar surface area (TPSA) is 29.9 Å². The molecule has 0 amide bonds. The van der Waals surface area contributed by atoms with Gasteiger partial charge in [-0.1, -0.05) is 11.8 Å². The Kier molecular flexibility index (Phi) is 2.90. The molecule has 0 unspecified atom stereocenters. The smallest absolute Gasteiger partial charge is 0.167 e. The van der Waals surface area contributed by atoms with E-state index in [1.165, 1.54) is 19.4 Å². The zero-order valence-electron chi connectivity index (χ0n) is 7.86. The van der Waals surface area contributed by atoms with Crippen LogP contribution in [0.2, 0.25) is 0 Å². The average molecular weight is 197 g/mol. The Morgan fingerprint density at radius 2 is 2.62 bits per heavy atom. The van der Waals surface area contributed by atoms with E-state index in [1.807, 2.05) is 31.2 Å². The molecule has 2 rings (SSSR count). The molecule has 2 heterocycles. The minimum absolute atomic E-state index is 0.704. The quantitative estimate of drug-likeness (QED) is 0.774. The third-order valence-corrected chi connectivity index (χ3v) is 3.64. The van der Waals surface area contributed by atoms with Crippen molar-refractivity contribution in [1.29, 1.82) is 0 Å². The molecule has 0 radical (unpaired) electrons. The van der Waals surface area contributed by atoms with Crippen molar-refractivity contribution in [3.05, 3.63) is 12.4 Å². The molecule has 1 aromatic rings. The molecule has 1 aromatic heterocycles. The number of rotatable bonds is 2. The van der Waals surface area contributed by atoms with E-state index in [4.69, 9.17) is 0 Å². The Morgan fingerprint density at radius 1 is 1.69 bits per heavy atom. The predicted molar refractivity (Wildman–Crippen MR) is 55.0 cm³/mol. The summed E-state index contributed by atoms with van der Waals surface area (Å²) >= 11 is 1.89. The zero-order valence-corrected chi connectivity index (χ0v) is 8.68. The second-order valence-electron chi connectivity index (χ2n) is 3.41. The third kappa shape index (κ3) is 2.25. The molecule has 0 aliphatic carbocycles. The molecule has 1 saturated heterocycles. The van der Waals surface area contributed by atoms with E-state index in [9.17, 15) is 0 Å². The summed E-state index contributed by atoms with van der Waals surface area (Å²) in [5.74, 6) is 0. The van der Waals surface area contributed by atoms with E-state index in [2.05, 4.69) is 14.9 Å². The highest BCUT2D eigenvalue weighted by Gasteiger charge is 2.15. The van der Waals surface area contributed by atoms with Crippen LogP contribution in [-0.2, 0) is 7.05 Å². The van der Waals surface area contributed by atoms with Crippen LogP contribution in [0.1, 0.15) is 12.8 Å². The normalized spacial score (nSPS) is 23.3. The summed E-state index contributed by atoms with van der Waals surface area (Å²) in [6.07, 6.45) is 6.46. The highest BCUT2D eigenvalue weighted by molar-refractivity contribution is 7.99. The molecule has 72 valence electrons. The summed E-state index contributed by atoms with van der Waals surface area (Å²) in [5.41, 5.74) is 0. The summed E-state index contributed by atoms with van der Waals surface area (Å²) in [5, 5.41) is 5.25. The molecule has 1 N–H and O–H groups in total. The lowest BCUT2D eigenvalue weighted by molar-refractivity contribution is 0.530. The van der Waals surface area contributed by atoms with Gasteiger partial charge in [0.1, 0.15) is 0 Å². The average Bonchev–Trinajstić information content (AvgIpc) is 2.54. The molecule has 0 bridgehead atoms. The van der Waals surface area contributed by atoms with Crippen LogP contribution in [0.3, 0.4) is 0 Å². The van der Waals surface area contributed by atoms with Crippen molar-refractivity contribution in [2.75, 3.05) is 13.1 Å². The Hall–Kier alpha value is -0.480. The first-order valence-electron chi connectivity index (χ1n) is 4.71. The molecule has 0 spiro atoms. The maximum absolute atomic E-state index is 4.31. The van der Waals surface area contributed by atoms with Gasteiger partial charge in [-0.15, -0.1) is 0 Å². The van der Waals surface area contributed by atoms with Crippen LogP contribution in [0, 0.1) is 0 Å². The first-order chi connectivity index (χ1) is 6.36. The molecule has 4 heteroatoms. The number of thioether (sulfide) groups is 1. The minimum Gasteiger partial charge on any atom is -0.329 e. The van der Waals surface area contributed by atoms with Crippen LogP contribution in [0.25, 0.3) is 0 Å². The first kappa shape index (κ1) is 9.09. The number of nitrogens with zero attached hydrogens (tertiary/aromatic N) is 2. The highest BCUT2D eigenvalue weighted by atomic mass is 32.2. The summed E-state index contributed by atoms with van der Waals surface area (Å²) in [6, 6.07) is 0. The van der Waals surface area contributed by atoms with Gasteiger partial charge in [0, 0.05) is 31.2 Å². The Labute approximate surface area is 82.9 Å². The van der Waals surface area contributed by atoms with Gasteiger partial charge < -0.3 is 9.88 Å². The predicted octanol–water partition coefficient (Wildman–Crippen LogP) is 1.26. The van der Waals surface area contributed by atoms with Gasteiger partial charge in [0.25, 0.3) is 0 Å². The number of aromatic nitrogens is 2. The minimum atomic E-state index is 0.704. The molecular formula is C9H15N3S.